The summed E-state index contributed by atoms with van der Waals surface area (Å²) >= 11 is 0. The number of carbonyl (C=O) groups excluding carboxylic acids is 2. The van der Waals surface area contributed by atoms with Crippen LogP contribution in [0.25, 0.3) is 0 Å². The predicted octanol–water partition coefficient (Wildman–Crippen LogP) is 4.22. The van der Waals surface area contributed by atoms with Gasteiger partial charge in [-0.2, -0.15) is 0 Å². The van der Waals surface area contributed by atoms with Crippen molar-refractivity contribution in [2.24, 2.45) is 5.92 Å². The number of anilines is 2. The fraction of sp³-hybridized carbons (Fsp3) is 0.433. The van der Waals surface area contributed by atoms with Crippen LogP contribution < -0.4 is 15.4 Å². The number of fused-ring (bicyclic) bond motifs is 1. The minimum Gasteiger partial charge on any atom is -0.488 e. The van der Waals surface area contributed by atoms with Gasteiger partial charge in [-0.15, -0.1) is 0 Å². The first-order valence-corrected chi connectivity index (χ1v) is 13.6. The number of urea groups is 1. The molecule has 0 fully saturated rings. The summed E-state index contributed by atoms with van der Waals surface area (Å²) in [6.07, 6.45) is -0.131. The third-order valence-corrected chi connectivity index (χ3v) is 7.23. The van der Waals surface area contributed by atoms with Crippen molar-refractivity contribution in [3.63, 3.8) is 0 Å². The second-order valence-electron chi connectivity index (χ2n) is 10.7. The highest BCUT2D eigenvalue weighted by Gasteiger charge is 2.31. The standard InChI is InChI=1S/C30H39N5O5/c1-19-15-35(20(2)18-36)28(37)14-24-13-25(31-30(38)32-29-21(3)33-40-22(29)4)11-12-26(24)39-27(19)17-34(5)16-23-9-7-6-8-10-23/h6-13,19-20,27,36H,14-18H2,1-5H3,(H2,31,32,38)/t19-,20+,27-/m0/s1. The van der Waals surface area contributed by atoms with Crippen LogP contribution in [0.15, 0.2) is 53.1 Å². The summed E-state index contributed by atoms with van der Waals surface area (Å²) in [5, 5.41) is 19.3. The van der Waals surface area contributed by atoms with Gasteiger partial charge in [0, 0.05) is 36.8 Å². The number of aliphatic hydroxyl groups excluding tert-OH is 1. The predicted molar refractivity (Wildman–Crippen MR) is 153 cm³/mol. The molecule has 0 saturated carbocycles. The van der Waals surface area contributed by atoms with Gasteiger partial charge in [0.15, 0.2) is 5.76 Å². The van der Waals surface area contributed by atoms with Crippen LogP contribution in [0.2, 0.25) is 0 Å². The van der Waals surface area contributed by atoms with Gasteiger partial charge in [-0.3, -0.25) is 9.69 Å². The number of aryl methyl sites for hydroxylation is 2. The maximum absolute atomic E-state index is 13.5. The molecule has 3 atom stereocenters. The Balaban J connectivity index is 1.57. The van der Waals surface area contributed by atoms with Crippen LogP contribution in [0.3, 0.4) is 0 Å². The number of benzene rings is 2. The monoisotopic (exact) mass is 549 g/mol. The molecule has 10 heteroatoms. The molecule has 10 nitrogen and oxygen atoms in total. The van der Waals surface area contributed by atoms with E-state index in [1.54, 1.807) is 36.9 Å². The summed E-state index contributed by atoms with van der Waals surface area (Å²) in [6, 6.07) is 14.8. The van der Waals surface area contributed by atoms with Gasteiger partial charge >= 0.3 is 6.03 Å². The van der Waals surface area contributed by atoms with Crippen molar-refractivity contribution in [3.8, 4) is 5.75 Å². The molecule has 4 rings (SSSR count). The van der Waals surface area contributed by atoms with E-state index in [9.17, 15) is 14.7 Å². The van der Waals surface area contributed by atoms with Crippen LogP contribution in [0, 0.1) is 19.8 Å². The van der Waals surface area contributed by atoms with Gasteiger partial charge in [0.05, 0.1) is 19.1 Å². The quantitative estimate of drug-likeness (QED) is 0.385. The highest BCUT2D eigenvalue weighted by atomic mass is 16.5. The second kappa shape index (κ2) is 13.0. The van der Waals surface area contributed by atoms with Crippen LogP contribution in [0.4, 0.5) is 16.2 Å². The van der Waals surface area contributed by atoms with Crippen molar-refractivity contribution in [3.05, 3.63) is 71.1 Å². The van der Waals surface area contributed by atoms with Crippen LogP contribution in [-0.4, -0.2) is 70.9 Å². The molecule has 1 aliphatic heterocycles. The third kappa shape index (κ3) is 7.19. The number of ether oxygens (including phenoxy) is 1. The topological polar surface area (TPSA) is 120 Å². The van der Waals surface area contributed by atoms with Crippen LogP contribution in [0.1, 0.15) is 36.4 Å². The molecule has 3 amide bonds. The number of hydrogen-bond acceptors (Lipinski definition) is 7. The van der Waals surface area contributed by atoms with E-state index < -0.39 is 6.03 Å². The Hall–Kier alpha value is -3.89. The molecule has 0 saturated heterocycles. The lowest BCUT2D eigenvalue weighted by atomic mass is 10.0. The van der Waals surface area contributed by atoms with Crippen molar-refractivity contribution in [1.29, 1.82) is 0 Å². The molecule has 0 unspecified atom stereocenters. The van der Waals surface area contributed by atoms with Crippen molar-refractivity contribution >= 4 is 23.3 Å². The molecule has 0 bridgehead atoms. The van der Waals surface area contributed by atoms with Crippen molar-refractivity contribution in [2.45, 2.75) is 52.8 Å². The molecule has 0 spiro atoms. The van der Waals surface area contributed by atoms with Crippen molar-refractivity contribution in [2.75, 3.05) is 37.4 Å². The zero-order valence-electron chi connectivity index (χ0n) is 23.8. The number of likely N-dealkylation sites (N-methyl/N-ethyl adjacent to an activating group) is 1. The fourth-order valence-corrected chi connectivity index (χ4v) is 4.93. The summed E-state index contributed by atoms with van der Waals surface area (Å²) in [6.45, 7) is 9.13. The lowest BCUT2D eigenvalue weighted by Gasteiger charge is -2.34. The average molecular weight is 550 g/mol. The van der Waals surface area contributed by atoms with Crippen LogP contribution >= 0.6 is 0 Å². The van der Waals surface area contributed by atoms with Crippen LogP contribution in [-0.2, 0) is 17.8 Å². The molecule has 0 radical (unpaired) electrons. The highest BCUT2D eigenvalue weighted by molar-refractivity contribution is 6.00. The Kier molecular flexibility index (Phi) is 9.44. The lowest BCUT2D eigenvalue weighted by Crippen LogP contribution is -2.47. The Morgan fingerprint density at radius 2 is 1.95 bits per heavy atom. The maximum Gasteiger partial charge on any atom is 0.323 e. The van der Waals surface area contributed by atoms with E-state index in [-0.39, 0.29) is 37.0 Å². The van der Waals surface area contributed by atoms with E-state index in [2.05, 4.69) is 46.8 Å². The Morgan fingerprint density at radius 3 is 2.62 bits per heavy atom. The number of hydrogen-bond donors (Lipinski definition) is 3. The summed E-state index contributed by atoms with van der Waals surface area (Å²) < 4.78 is 11.7. The highest BCUT2D eigenvalue weighted by Crippen LogP contribution is 2.29. The summed E-state index contributed by atoms with van der Waals surface area (Å²) in [5.41, 5.74) is 3.49. The van der Waals surface area contributed by atoms with E-state index in [0.717, 1.165) is 6.54 Å². The van der Waals surface area contributed by atoms with Crippen molar-refractivity contribution < 1.29 is 24.0 Å². The third-order valence-electron chi connectivity index (χ3n) is 7.23. The minimum absolute atomic E-state index is 0.000696. The number of amides is 3. The van der Waals surface area contributed by atoms with E-state index in [0.29, 0.717) is 47.2 Å². The molecule has 40 heavy (non-hydrogen) atoms. The zero-order valence-corrected chi connectivity index (χ0v) is 23.8. The molecular formula is C30H39N5O5. The minimum atomic E-state index is -0.450. The molecule has 214 valence electrons. The van der Waals surface area contributed by atoms with E-state index >= 15 is 0 Å². The largest absolute Gasteiger partial charge is 0.488 e. The summed E-state index contributed by atoms with van der Waals surface area (Å²) in [5.74, 6) is 1.01. The van der Waals surface area contributed by atoms with Gasteiger partial charge in [0.2, 0.25) is 5.91 Å². The maximum atomic E-state index is 13.5. The summed E-state index contributed by atoms with van der Waals surface area (Å²) in [7, 11) is 2.06. The lowest BCUT2D eigenvalue weighted by molar-refractivity contribution is -0.134. The number of rotatable bonds is 8. The van der Waals surface area contributed by atoms with Gasteiger partial charge < -0.3 is 29.9 Å². The normalized spacial score (nSPS) is 18.3. The van der Waals surface area contributed by atoms with E-state index in [1.807, 2.05) is 25.1 Å². The fourth-order valence-electron chi connectivity index (χ4n) is 4.93. The van der Waals surface area contributed by atoms with E-state index in [1.165, 1.54) is 5.56 Å². The first-order valence-electron chi connectivity index (χ1n) is 13.6. The molecule has 2 aromatic carbocycles. The number of nitrogens with zero attached hydrogens (tertiary/aromatic N) is 3. The molecule has 2 heterocycles. The molecular weight excluding hydrogens is 510 g/mol. The zero-order chi connectivity index (χ0) is 28.8. The average Bonchev–Trinajstić information content (AvgIpc) is 3.25. The van der Waals surface area contributed by atoms with Gasteiger partial charge in [-0.1, -0.05) is 42.4 Å². The molecule has 0 aliphatic carbocycles. The first-order chi connectivity index (χ1) is 19.1. The second-order valence-corrected chi connectivity index (χ2v) is 10.7. The Labute approximate surface area is 235 Å². The van der Waals surface area contributed by atoms with Crippen LogP contribution in [0.5, 0.6) is 5.75 Å². The summed E-state index contributed by atoms with van der Waals surface area (Å²) in [4.78, 5) is 30.1. The SMILES string of the molecule is Cc1noc(C)c1NC(=O)Nc1ccc2c(c1)CC(=O)N([C@H](C)CO)C[C@H](C)[C@H](CN(C)Cc1ccccc1)O2. The van der Waals surface area contributed by atoms with Crippen molar-refractivity contribution in [1.82, 2.24) is 15.0 Å². The molecule has 3 N–H and O–H groups in total. The van der Waals surface area contributed by atoms with Gasteiger partial charge in [0.25, 0.3) is 0 Å². The smallest absolute Gasteiger partial charge is 0.323 e. The number of nitrogens with one attached hydrogen (secondary N) is 2. The number of aromatic nitrogens is 1. The van der Waals surface area contributed by atoms with E-state index in [4.69, 9.17) is 9.26 Å². The Morgan fingerprint density at radius 1 is 1.20 bits per heavy atom. The molecule has 3 aromatic rings. The van der Waals surface area contributed by atoms with Gasteiger partial charge in [0.1, 0.15) is 23.2 Å². The van der Waals surface area contributed by atoms with Gasteiger partial charge in [-0.25, -0.2) is 4.79 Å². The first kappa shape index (κ1) is 29.1. The van der Waals surface area contributed by atoms with Gasteiger partial charge in [-0.05, 0) is 51.6 Å². The number of carbonyl (C=O) groups is 2. The molecule has 1 aliphatic rings. The Bertz CT molecular complexity index is 1290. The number of aliphatic hydroxyl groups is 1. The molecule has 1 aromatic heterocycles.